The highest BCUT2D eigenvalue weighted by atomic mass is 16.2. The second kappa shape index (κ2) is 6.31. The lowest BCUT2D eigenvalue weighted by molar-refractivity contribution is 0.0951. The van der Waals surface area contributed by atoms with Gasteiger partial charge in [0.15, 0.2) is 0 Å². The van der Waals surface area contributed by atoms with Gasteiger partial charge in [0.05, 0.1) is 11.0 Å². The zero-order valence-corrected chi connectivity index (χ0v) is 12.4. The third-order valence-corrected chi connectivity index (χ3v) is 3.52. The molecule has 0 aliphatic rings. The van der Waals surface area contributed by atoms with Crippen LogP contribution in [0.4, 0.5) is 0 Å². The molecule has 0 saturated heterocycles. The average Bonchev–Trinajstić information content (AvgIpc) is 2.97. The summed E-state index contributed by atoms with van der Waals surface area (Å²) in [6.45, 7) is 0.468. The van der Waals surface area contributed by atoms with E-state index in [-0.39, 0.29) is 5.91 Å². The summed E-state index contributed by atoms with van der Waals surface area (Å²) in [6.07, 6.45) is 0.611. The Balaban J connectivity index is 1.57. The summed E-state index contributed by atoms with van der Waals surface area (Å²) < 4.78 is 0. The molecule has 0 aliphatic heterocycles. The fourth-order valence-corrected chi connectivity index (χ4v) is 2.31. The molecule has 4 N–H and O–H groups in total. The number of imidazole rings is 1. The van der Waals surface area contributed by atoms with Gasteiger partial charge in [-0.15, -0.1) is 0 Å². The van der Waals surface area contributed by atoms with Gasteiger partial charge in [0, 0.05) is 24.1 Å². The molecule has 0 radical (unpaired) electrons. The predicted molar refractivity (Wildman–Crippen MR) is 87.1 cm³/mol. The minimum atomic E-state index is -0.512. The van der Waals surface area contributed by atoms with E-state index in [1.54, 1.807) is 12.1 Å². The number of nitrogens with one attached hydrogen (secondary N) is 2. The van der Waals surface area contributed by atoms with Crippen LogP contribution in [-0.2, 0) is 6.42 Å². The average molecular weight is 308 g/mol. The number of nitrogens with two attached hydrogens (primary N) is 1. The lowest BCUT2D eigenvalue weighted by atomic mass is 10.1. The van der Waals surface area contributed by atoms with E-state index < -0.39 is 5.91 Å². The number of fused-ring (bicyclic) bond motifs is 1. The minimum absolute atomic E-state index is 0.197. The van der Waals surface area contributed by atoms with E-state index >= 15 is 0 Å². The Kier molecular flexibility index (Phi) is 4.05. The Morgan fingerprint density at radius 3 is 2.43 bits per heavy atom. The number of carbonyl (C=O) groups excluding carboxylic acids is 2. The Morgan fingerprint density at radius 1 is 1.04 bits per heavy atom. The van der Waals surface area contributed by atoms with Crippen LogP contribution in [0.1, 0.15) is 26.5 Å². The van der Waals surface area contributed by atoms with Crippen LogP contribution in [0.5, 0.6) is 0 Å². The number of primary amides is 1. The van der Waals surface area contributed by atoms with Gasteiger partial charge in [0.1, 0.15) is 5.82 Å². The molecule has 0 saturated carbocycles. The number of H-pyrrole nitrogens is 1. The fraction of sp³-hybridized carbons (Fsp3) is 0.118. The van der Waals surface area contributed by atoms with Gasteiger partial charge in [-0.1, -0.05) is 12.1 Å². The molecule has 0 unspecified atom stereocenters. The number of para-hydroxylation sites is 2. The summed E-state index contributed by atoms with van der Waals surface area (Å²) in [6, 6.07) is 14.0. The van der Waals surface area contributed by atoms with Crippen LogP contribution in [-0.4, -0.2) is 28.3 Å². The van der Waals surface area contributed by atoms with Crippen molar-refractivity contribution in [3.63, 3.8) is 0 Å². The first-order valence-corrected chi connectivity index (χ1v) is 7.25. The van der Waals surface area contributed by atoms with Crippen LogP contribution in [0.2, 0.25) is 0 Å². The number of aromatic amines is 1. The number of amides is 2. The largest absolute Gasteiger partial charge is 0.366 e. The van der Waals surface area contributed by atoms with Crippen molar-refractivity contribution in [1.82, 2.24) is 15.3 Å². The van der Waals surface area contributed by atoms with Crippen molar-refractivity contribution in [3.05, 3.63) is 65.5 Å². The smallest absolute Gasteiger partial charge is 0.251 e. The summed E-state index contributed by atoms with van der Waals surface area (Å²) in [7, 11) is 0. The third kappa shape index (κ3) is 3.37. The molecule has 116 valence electrons. The summed E-state index contributed by atoms with van der Waals surface area (Å²) in [5.74, 6) is 0.120. The van der Waals surface area contributed by atoms with Gasteiger partial charge in [-0.2, -0.15) is 0 Å². The number of carbonyl (C=O) groups is 2. The highest BCUT2D eigenvalue weighted by Gasteiger charge is 2.07. The lowest BCUT2D eigenvalue weighted by Crippen LogP contribution is -2.26. The summed E-state index contributed by atoms with van der Waals surface area (Å²) in [5, 5.41) is 2.83. The zero-order chi connectivity index (χ0) is 16.2. The maximum absolute atomic E-state index is 12.0. The van der Waals surface area contributed by atoms with E-state index in [1.807, 2.05) is 24.3 Å². The lowest BCUT2D eigenvalue weighted by Gasteiger charge is -2.04. The van der Waals surface area contributed by atoms with Crippen LogP contribution in [0.3, 0.4) is 0 Å². The van der Waals surface area contributed by atoms with Crippen molar-refractivity contribution >= 4 is 22.8 Å². The van der Waals surface area contributed by atoms with Crippen molar-refractivity contribution in [2.45, 2.75) is 6.42 Å². The van der Waals surface area contributed by atoms with E-state index in [2.05, 4.69) is 15.3 Å². The molecular formula is C17H16N4O2. The standard InChI is InChI=1S/C17H16N4O2/c18-16(22)11-5-7-12(8-6-11)17(23)19-10-9-15-20-13-3-1-2-4-14(13)21-15/h1-8H,9-10H2,(H2,18,22)(H,19,23)(H,20,21). The van der Waals surface area contributed by atoms with Gasteiger partial charge in [-0.3, -0.25) is 9.59 Å². The Morgan fingerprint density at radius 2 is 1.74 bits per heavy atom. The highest BCUT2D eigenvalue weighted by molar-refractivity contribution is 5.97. The molecule has 6 heteroatoms. The fourth-order valence-electron chi connectivity index (χ4n) is 2.31. The van der Waals surface area contributed by atoms with Crippen LogP contribution < -0.4 is 11.1 Å². The van der Waals surface area contributed by atoms with Gasteiger partial charge >= 0.3 is 0 Å². The molecule has 1 aromatic heterocycles. The SMILES string of the molecule is NC(=O)c1ccc(C(=O)NCCc2nc3ccccc3[nH]2)cc1. The third-order valence-electron chi connectivity index (χ3n) is 3.52. The molecule has 0 fully saturated rings. The number of benzene rings is 2. The van der Waals surface area contributed by atoms with Crippen LogP contribution >= 0.6 is 0 Å². The molecule has 0 bridgehead atoms. The summed E-state index contributed by atoms with van der Waals surface area (Å²) in [5.41, 5.74) is 7.93. The normalized spacial score (nSPS) is 10.6. The predicted octanol–water partition coefficient (Wildman–Crippen LogP) is 1.63. The molecule has 2 aromatic carbocycles. The monoisotopic (exact) mass is 308 g/mol. The van der Waals surface area contributed by atoms with Crippen LogP contribution in [0, 0.1) is 0 Å². The molecule has 1 heterocycles. The first kappa shape index (κ1) is 14.8. The topological polar surface area (TPSA) is 101 Å². The molecule has 23 heavy (non-hydrogen) atoms. The number of aromatic nitrogens is 2. The maximum atomic E-state index is 12.0. The molecule has 3 aromatic rings. The van der Waals surface area contributed by atoms with E-state index in [0.29, 0.717) is 24.1 Å². The zero-order valence-electron chi connectivity index (χ0n) is 12.4. The Hall–Kier alpha value is -3.15. The minimum Gasteiger partial charge on any atom is -0.366 e. The van der Waals surface area contributed by atoms with Crippen molar-refractivity contribution in [1.29, 1.82) is 0 Å². The number of hydrogen-bond acceptors (Lipinski definition) is 3. The van der Waals surface area contributed by atoms with Crippen molar-refractivity contribution in [3.8, 4) is 0 Å². The van der Waals surface area contributed by atoms with Crippen molar-refractivity contribution in [2.24, 2.45) is 5.73 Å². The van der Waals surface area contributed by atoms with E-state index in [4.69, 9.17) is 5.73 Å². The van der Waals surface area contributed by atoms with E-state index in [0.717, 1.165) is 16.9 Å². The van der Waals surface area contributed by atoms with Crippen LogP contribution in [0.15, 0.2) is 48.5 Å². The molecule has 2 amide bonds. The van der Waals surface area contributed by atoms with Gasteiger partial charge in [0.2, 0.25) is 5.91 Å². The van der Waals surface area contributed by atoms with Crippen molar-refractivity contribution < 1.29 is 9.59 Å². The van der Waals surface area contributed by atoms with Gasteiger partial charge in [0.25, 0.3) is 5.91 Å². The molecule has 0 aliphatic carbocycles. The second-order valence-electron chi connectivity index (χ2n) is 5.15. The first-order valence-electron chi connectivity index (χ1n) is 7.25. The Labute approximate surface area is 132 Å². The summed E-state index contributed by atoms with van der Waals surface area (Å²) in [4.78, 5) is 30.7. The quantitative estimate of drug-likeness (QED) is 0.667. The molecule has 0 spiro atoms. The number of nitrogens with zero attached hydrogens (tertiary/aromatic N) is 1. The van der Waals surface area contributed by atoms with E-state index in [1.165, 1.54) is 12.1 Å². The Bertz CT molecular complexity index is 819. The van der Waals surface area contributed by atoms with Crippen molar-refractivity contribution in [2.75, 3.05) is 6.54 Å². The molecule has 3 rings (SSSR count). The molecule has 0 atom stereocenters. The van der Waals surface area contributed by atoms with Gasteiger partial charge in [-0.05, 0) is 36.4 Å². The number of hydrogen-bond donors (Lipinski definition) is 3. The first-order chi connectivity index (χ1) is 11.1. The van der Waals surface area contributed by atoms with Gasteiger partial charge in [-0.25, -0.2) is 4.98 Å². The van der Waals surface area contributed by atoms with Crippen LogP contribution in [0.25, 0.3) is 11.0 Å². The maximum Gasteiger partial charge on any atom is 0.251 e. The second-order valence-corrected chi connectivity index (χ2v) is 5.15. The molecule has 6 nitrogen and oxygen atoms in total. The van der Waals surface area contributed by atoms with E-state index in [9.17, 15) is 9.59 Å². The van der Waals surface area contributed by atoms with Gasteiger partial charge < -0.3 is 16.0 Å². The molecular weight excluding hydrogens is 292 g/mol. The summed E-state index contributed by atoms with van der Waals surface area (Å²) >= 11 is 0. The number of rotatable bonds is 5. The highest BCUT2D eigenvalue weighted by Crippen LogP contribution is 2.10.